The molecule has 2 aromatic rings. The number of nitrogens with one attached hydrogen (secondary N) is 1. The molecule has 0 aromatic heterocycles. The lowest BCUT2D eigenvalue weighted by molar-refractivity contribution is -0.117. The standard InChI is InChI=1S/C21H25ClN2O3/c1-14-6-4-7-15(10-14)18-8-5-9-24(18)13-21(25)23-17-11-16(22)19(26-2)12-20(17)27-3/h4,6-7,10-12,18H,5,8-9,13H2,1-3H3,(H,23,25). The minimum absolute atomic E-state index is 0.0888. The molecule has 27 heavy (non-hydrogen) atoms. The molecule has 0 spiro atoms. The van der Waals surface area contributed by atoms with E-state index in [4.69, 9.17) is 21.1 Å². The Kier molecular flexibility index (Phi) is 6.24. The van der Waals surface area contributed by atoms with E-state index in [1.165, 1.54) is 18.2 Å². The van der Waals surface area contributed by atoms with E-state index in [1.54, 1.807) is 19.2 Å². The summed E-state index contributed by atoms with van der Waals surface area (Å²) >= 11 is 6.19. The van der Waals surface area contributed by atoms with Gasteiger partial charge in [-0.15, -0.1) is 0 Å². The van der Waals surface area contributed by atoms with Gasteiger partial charge in [-0.1, -0.05) is 41.4 Å². The van der Waals surface area contributed by atoms with Gasteiger partial charge in [0.1, 0.15) is 11.5 Å². The Bertz CT molecular complexity index is 825. The van der Waals surface area contributed by atoms with Crippen molar-refractivity contribution in [2.75, 3.05) is 32.6 Å². The Balaban J connectivity index is 1.71. The van der Waals surface area contributed by atoms with E-state index in [0.29, 0.717) is 28.8 Å². The van der Waals surface area contributed by atoms with Crippen LogP contribution >= 0.6 is 11.6 Å². The maximum absolute atomic E-state index is 12.7. The van der Waals surface area contributed by atoms with E-state index in [9.17, 15) is 4.79 Å². The first kappa shape index (κ1) is 19.5. The molecular formula is C21H25ClN2O3. The third-order valence-corrected chi connectivity index (χ3v) is 5.18. The molecule has 5 nitrogen and oxygen atoms in total. The largest absolute Gasteiger partial charge is 0.495 e. The van der Waals surface area contributed by atoms with Crippen molar-refractivity contribution in [3.63, 3.8) is 0 Å². The first-order valence-corrected chi connectivity index (χ1v) is 9.41. The number of likely N-dealkylation sites (tertiary alicyclic amines) is 1. The smallest absolute Gasteiger partial charge is 0.238 e. The number of nitrogens with zero attached hydrogens (tertiary/aromatic N) is 1. The van der Waals surface area contributed by atoms with Crippen LogP contribution in [0.25, 0.3) is 0 Å². The minimum Gasteiger partial charge on any atom is -0.495 e. The van der Waals surface area contributed by atoms with E-state index in [0.717, 1.165) is 19.4 Å². The van der Waals surface area contributed by atoms with Gasteiger partial charge in [-0.2, -0.15) is 0 Å². The lowest BCUT2D eigenvalue weighted by Gasteiger charge is -2.24. The zero-order valence-electron chi connectivity index (χ0n) is 15.9. The molecule has 144 valence electrons. The normalized spacial score (nSPS) is 17.0. The highest BCUT2D eigenvalue weighted by atomic mass is 35.5. The van der Waals surface area contributed by atoms with Crippen LogP contribution in [0.3, 0.4) is 0 Å². The number of carbonyl (C=O) groups is 1. The number of hydrogen-bond donors (Lipinski definition) is 1. The van der Waals surface area contributed by atoms with Crippen LogP contribution in [0.5, 0.6) is 11.5 Å². The maximum Gasteiger partial charge on any atom is 0.238 e. The van der Waals surface area contributed by atoms with Crippen LogP contribution in [-0.2, 0) is 4.79 Å². The number of rotatable bonds is 6. The van der Waals surface area contributed by atoms with Crippen LogP contribution in [0, 0.1) is 6.92 Å². The van der Waals surface area contributed by atoms with Crippen molar-refractivity contribution in [3.8, 4) is 11.5 Å². The molecule has 0 bridgehead atoms. The van der Waals surface area contributed by atoms with Gasteiger partial charge in [0, 0.05) is 12.1 Å². The zero-order chi connectivity index (χ0) is 19.4. The molecule has 1 N–H and O–H groups in total. The molecule has 0 radical (unpaired) electrons. The van der Waals surface area contributed by atoms with Gasteiger partial charge >= 0.3 is 0 Å². The molecule has 1 aliphatic heterocycles. The Hall–Kier alpha value is -2.24. The summed E-state index contributed by atoms with van der Waals surface area (Å²) < 4.78 is 10.5. The van der Waals surface area contributed by atoms with Crippen LogP contribution in [0.2, 0.25) is 5.02 Å². The topological polar surface area (TPSA) is 50.8 Å². The fourth-order valence-corrected chi connectivity index (χ4v) is 3.84. The number of benzene rings is 2. The van der Waals surface area contributed by atoms with Crippen molar-refractivity contribution in [1.29, 1.82) is 0 Å². The second-order valence-electron chi connectivity index (χ2n) is 6.78. The monoisotopic (exact) mass is 388 g/mol. The molecule has 2 aromatic carbocycles. The molecule has 0 aliphatic carbocycles. The number of ether oxygens (including phenoxy) is 2. The van der Waals surface area contributed by atoms with Gasteiger partial charge in [-0.3, -0.25) is 9.69 Å². The molecule has 6 heteroatoms. The fraction of sp³-hybridized carbons (Fsp3) is 0.381. The van der Waals surface area contributed by atoms with Gasteiger partial charge in [0.15, 0.2) is 0 Å². The third-order valence-electron chi connectivity index (χ3n) is 4.89. The highest BCUT2D eigenvalue weighted by molar-refractivity contribution is 6.32. The summed E-state index contributed by atoms with van der Waals surface area (Å²) in [5, 5.41) is 3.34. The summed E-state index contributed by atoms with van der Waals surface area (Å²) in [5.41, 5.74) is 3.05. The molecule has 1 aliphatic rings. The van der Waals surface area contributed by atoms with Gasteiger partial charge < -0.3 is 14.8 Å². The lowest BCUT2D eigenvalue weighted by Crippen LogP contribution is -2.33. The quantitative estimate of drug-likeness (QED) is 0.794. The van der Waals surface area contributed by atoms with Gasteiger partial charge in [0.2, 0.25) is 5.91 Å². The number of methoxy groups -OCH3 is 2. The van der Waals surface area contributed by atoms with Gasteiger partial charge in [0.25, 0.3) is 0 Å². The van der Waals surface area contributed by atoms with E-state index in [-0.39, 0.29) is 11.9 Å². The summed E-state index contributed by atoms with van der Waals surface area (Å²) in [4.78, 5) is 14.9. The van der Waals surface area contributed by atoms with E-state index in [2.05, 4.69) is 41.4 Å². The number of halogens is 1. The maximum atomic E-state index is 12.7. The molecule has 1 saturated heterocycles. The van der Waals surface area contributed by atoms with E-state index < -0.39 is 0 Å². The van der Waals surface area contributed by atoms with Crippen LogP contribution in [0.15, 0.2) is 36.4 Å². The van der Waals surface area contributed by atoms with Crippen molar-refractivity contribution in [2.45, 2.75) is 25.8 Å². The lowest BCUT2D eigenvalue weighted by atomic mass is 10.0. The molecule has 1 atom stereocenters. The average Bonchev–Trinajstić information content (AvgIpc) is 3.10. The highest BCUT2D eigenvalue weighted by Gasteiger charge is 2.28. The van der Waals surface area contributed by atoms with Gasteiger partial charge in [-0.05, 0) is 37.9 Å². The number of carbonyl (C=O) groups excluding carboxylic acids is 1. The molecule has 1 unspecified atom stereocenters. The van der Waals surface area contributed by atoms with Gasteiger partial charge in [-0.25, -0.2) is 0 Å². The third kappa shape index (κ3) is 4.54. The van der Waals surface area contributed by atoms with Crippen molar-refractivity contribution in [1.82, 2.24) is 4.90 Å². The SMILES string of the molecule is COc1cc(OC)c(NC(=O)CN2CCCC2c2cccc(C)c2)cc1Cl. The second kappa shape index (κ2) is 8.63. The first-order valence-electron chi connectivity index (χ1n) is 9.04. The minimum atomic E-state index is -0.0888. The summed E-state index contributed by atoms with van der Waals surface area (Å²) in [6.45, 7) is 3.33. The zero-order valence-corrected chi connectivity index (χ0v) is 16.7. The fourth-order valence-electron chi connectivity index (χ4n) is 3.60. The summed E-state index contributed by atoms with van der Waals surface area (Å²) in [5.74, 6) is 0.931. The van der Waals surface area contributed by atoms with Crippen LogP contribution < -0.4 is 14.8 Å². The number of anilines is 1. The molecule has 1 amide bonds. The predicted octanol–water partition coefficient (Wildman–Crippen LogP) is 4.44. The van der Waals surface area contributed by atoms with Crippen LogP contribution in [0.1, 0.15) is 30.0 Å². The summed E-state index contributed by atoms with van der Waals surface area (Å²) in [6, 6.07) is 12.1. The molecule has 3 rings (SSSR count). The van der Waals surface area contributed by atoms with Crippen molar-refractivity contribution < 1.29 is 14.3 Å². The summed E-state index contributed by atoms with van der Waals surface area (Å²) in [6.07, 6.45) is 2.15. The first-order chi connectivity index (χ1) is 13.0. The van der Waals surface area contributed by atoms with Crippen molar-refractivity contribution in [2.24, 2.45) is 0 Å². The molecule has 1 fully saturated rings. The Labute approximate surface area is 165 Å². The van der Waals surface area contributed by atoms with Crippen LogP contribution in [-0.4, -0.2) is 38.1 Å². The average molecular weight is 389 g/mol. The van der Waals surface area contributed by atoms with Crippen LogP contribution in [0.4, 0.5) is 5.69 Å². The number of aryl methyl sites for hydroxylation is 1. The predicted molar refractivity (Wildman–Crippen MR) is 108 cm³/mol. The van der Waals surface area contributed by atoms with Gasteiger partial charge in [0.05, 0.1) is 31.5 Å². The molecule has 1 heterocycles. The van der Waals surface area contributed by atoms with E-state index in [1.807, 2.05) is 0 Å². The van der Waals surface area contributed by atoms with Crippen molar-refractivity contribution in [3.05, 3.63) is 52.5 Å². The molecular weight excluding hydrogens is 364 g/mol. The van der Waals surface area contributed by atoms with Crippen molar-refractivity contribution >= 4 is 23.2 Å². The Morgan fingerprint density at radius 2 is 2.00 bits per heavy atom. The number of amides is 1. The number of hydrogen-bond acceptors (Lipinski definition) is 4. The van der Waals surface area contributed by atoms with E-state index >= 15 is 0 Å². The Morgan fingerprint density at radius 3 is 2.70 bits per heavy atom. The summed E-state index contributed by atoms with van der Waals surface area (Å²) in [7, 11) is 3.09. The highest BCUT2D eigenvalue weighted by Crippen LogP contribution is 2.36. The second-order valence-corrected chi connectivity index (χ2v) is 7.19. The Morgan fingerprint density at radius 1 is 1.22 bits per heavy atom. The molecule has 0 saturated carbocycles.